The van der Waals surface area contributed by atoms with Crippen molar-refractivity contribution in [2.24, 2.45) is 5.73 Å². The molecule has 1 aliphatic rings. The third kappa shape index (κ3) is 4.57. The van der Waals surface area contributed by atoms with Gasteiger partial charge in [0.1, 0.15) is 0 Å². The lowest BCUT2D eigenvalue weighted by Gasteiger charge is -1.90. The van der Waals surface area contributed by atoms with Gasteiger partial charge in [0.05, 0.1) is 0 Å². The highest BCUT2D eigenvalue weighted by molar-refractivity contribution is 5.13. The van der Waals surface area contributed by atoms with Crippen LogP contribution < -0.4 is 5.73 Å². The van der Waals surface area contributed by atoms with Crippen LogP contribution in [0, 0.1) is 0 Å². The van der Waals surface area contributed by atoms with Crippen molar-refractivity contribution in [3.8, 4) is 0 Å². The van der Waals surface area contributed by atoms with Crippen LogP contribution in [0.1, 0.15) is 24.8 Å². The summed E-state index contributed by atoms with van der Waals surface area (Å²) in [4.78, 5) is 0. The second kappa shape index (κ2) is 4.91. The topological polar surface area (TPSA) is 26.0 Å². The van der Waals surface area contributed by atoms with Gasteiger partial charge in [-0.3, -0.25) is 0 Å². The highest BCUT2D eigenvalue weighted by Crippen LogP contribution is 2.14. The Bertz CT molecular complexity index is 177. The predicted molar refractivity (Wildman–Crippen MR) is 48.2 cm³/mol. The third-order valence-corrected chi connectivity index (χ3v) is 1.43. The van der Waals surface area contributed by atoms with E-state index in [9.17, 15) is 0 Å². The summed E-state index contributed by atoms with van der Waals surface area (Å²) in [5.74, 6) is 0. The Hall–Kier alpha value is -0.820. The van der Waals surface area contributed by atoms with Crippen LogP contribution in [0.5, 0.6) is 0 Å². The monoisotopic (exact) mass is 149 g/mol. The number of hydrogen-bond acceptors (Lipinski definition) is 1. The highest BCUT2D eigenvalue weighted by Gasteiger charge is 1.95. The van der Waals surface area contributed by atoms with E-state index in [4.69, 9.17) is 5.73 Å². The van der Waals surface area contributed by atoms with Crippen LogP contribution in [0.25, 0.3) is 0 Å². The molecule has 2 N–H and O–H groups in total. The molecule has 0 amide bonds. The SMILES string of the molecule is C1CC1.NCc1ccccc1. The van der Waals surface area contributed by atoms with E-state index in [1.165, 1.54) is 24.8 Å². The predicted octanol–water partition coefficient (Wildman–Crippen LogP) is 2.32. The Labute approximate surface area is 68.2 Å². The lowest BCUT2D eigenvalue weighted by molar-refractivity contribution is 1.07. The maximum absolute atomic E-state index is 5.35. The molecular weight excluding hydrogens is 134 g/mol. The number of rotatable bonds is 1. The van der Waals surface area contributed by atoms with Gasteiger partial charge in [0, 0.05) is 6.54 Å². The van der Waals surface area contributed by atoms with Crippen LogP contribution in [-0.4, -0.2) is 0 Å². The smallest absolute Gasteiger partial charge is 0.0178 e. The molecule has 0 bridgehead atoms. The summed E-state index contributed by atoms with van der Waals surface area (Å²) in [5.41, 5.74) is 6.54. The lowest BCUT2D eigenvalue weighted by atomic mass is 10.2. The van der Waals surface area contributed by atoms with Crippen molar-refractivity contribution < 1.29 is 0 Å². The second-order valence-corrected chi connectivity index (χ2v) is 2.75. The Kier molecular flexibility index (Phi) is 3.70. The second-order valence-electron chi connectivity index (χ2n) is 2.75. The summed E-state index contributed by atoms with van der Waals surface area (Å²) < 4.78 is 0. The molecule has 0 radical (unpaired) electrons. The van der Waals surface area contributed by atoms with Crippen LogP contribution >= 0.6 is 0 Å². The average Bonchev–Trinajstić information content (AvgIpc) is 2.92. The van der Waals surface area contributed by atoms with E-state index in [-0.39, 0.29) is 0 Å². The van der Waals surface area contributed by atoms with Gasteiger partial charge in [0.15, 0.2) is 0 Å². The molecule has 1 aromatic rings. The fourth-order valence-electron chi connectivity index (χ4n) is 0.614. The zero-order chi connectivity index (χ0) is 7.94. The van der Waals surface area contributed by atoms with Crippen molar-refractivity contribution in [3.63, 3.8) is 0 Å². The molecule has 0 heterocycles. The summed E-state index contributed by atoms with van der Waals surface area (Å²) in [7, 11) is 0. The molecule has 0 spiro atoms. The highest BCUT2D eigenvalue weighted by atomic mass is 14.5. The Balaban J connectivity index is 0.000000167. The first-order chi connectivity index (χ1) is 5.43. The molecule has 0 aromatic heterocycles. The lowest BCUT2D eigenvalue weighted by Crippen LogP contribution is -1.94. The fourth-order valence-corrected chi connectivity index (χ4v) is 0.614. The van der Waals surface area contributed by atoms with Gasteiger partial charge in [-0.05, 0) is 5.56 Å². The Morgan fingerprint density at radius 2 is 1.55 bits per heavy atom. The largest absolute Gasteiger partial charge is 0.326 e. The Morgan fingerprint density at radius 3 is 1.82 bits per heavy atom. The minimum atomic E-state index is 0.640. The number of hydrogen-bond donors (Lipinski definition) is 1. The van der Waals surface area contributed by atoms with Gasteiger partial charge in [0.25, 0.3) is 0 Å². The Morgan fingerprint density at radius 1 is 1.00 bits per heavy atom. The van der Waals surface area contributed by atoms with Crippen LogP contribution in [0.15, 0.2) is 30.3 Å². The van der Waals surface area contributed by atoms with E-state index < -0.39 is 0 Å². The summed E-state index contributed by atoms with van der Waals surface area (Å²) in [6, 6.07) is 9.99. The molecule has 11 heavy (non-hydrogen) atoms. The van der Waals surface area contributed by atoms with Crippen molar-refractivity contribution in [2.75, 3.05) is 0 Å². The van der Waals surface area contributed by atoms with Crippen LogP contribution in [0.4, 0.5) is 0 Å². The minimum absolute atomic E-state index is 0.640. The molecule has 0 unspecified atom stereocenters. The van der Waals surface area contributed by atoms with E-state index >= 15 is 0 Å². The summed E-state index contributed by atoms with van der Waals surface area (Å²) in [6.07, 6.45) is 4.50. The first-order valence-electron chi connectivity index (χ1n) is 4.17. The van der Waals surface area contributed by atoms with Gasteiger partial charge >= 0.3 is 0 Å². The molecule has 1 aliphatic carbocycles. The quantitative estimate of drug-likeness (QED) is 0.651. The standard InChI is InChI=1S/C7H9N.C3H6/c8-6-7-4-2-1-3-5-7;1-2-3-1/h1-5H,6,8H2;1-3H2. The molecule has 1 aromatic carbocycles. The van der Waals surface area contributed by atoms with Crippen molar-refractivity contribution >= 4 is 0 Å². The zero-order valence-electron chi connectivity index (χ0n) is 6.79. The fraction of sp³-hybridized carbons (Fsp3) is 0.400. The molecule has 1 fully saturated rings. The van der Waals surface area contributed by atoms with Crippen molar-refractivity contribution in [1.82, 2.24) is 0 Å². The van der Waals surface area contributed by atoms with Gasteiger partial charge in [-0.15, -0.1) is 0 Å². The number of benzene rings is 1. The van der Waals surface area contributed by atoms with Crippen molar-refractivity contribution in [3.05, 3.63) is 35.9 Å². The summed E-state index contributed by atoms with van der Waals surface area (Å²) in [5, 5.41) is 0. The molecule has 1 heteroatoms. The molecule has 0 saturated heterocycles. The van der Waals surface area contributed by atoms with Gasteiger partial charge in [0.2, 0.25) is 0 Å². The maximum atomic E-state index is 5.35. The molecule has 0 aliphatic heterocycles. The summed E-state index contributed by atoms with van der Waals surface area (Å²) >= 11 is 0. The average molecular weight is 149 g/mol. The molecule has 60 valence electrons. The molecule has 1 saturated carbocycles. The van der Waals surface area contributed by atoms with Crippen LogP contribution in [0.3, 0.4) is 0 Å². The van der Waals surface area contributed by atoms with Crippen molar-refractivity contribution in [2.45, 2.75) is 25.8 Å². The minimum Gasteiger partial charge on any atom is -0.326 e. The molecular formula is C10H15N. The first kappa shape index (κ1) is 8.28. The summed E-state index contributed by atoms with van der Waals surface area (Å²) in [6.45, 7) is 0.640. The third-order valence-electron chi connectivity index (χ3n) is 1.43. The normalized spacial score (nSPS) is 13.2. The van der Waals surface area contributed by atoms with Crippen LogP contribution in [0.2, 0.25) is 0 Å². The van der Waals surface area contributed by atoms with Gasteiger partial charge < -0.3 is 5.73 Å². The molecule has 1 nitrogen and oxygen atoms in total. The number of nitrogens with two attached hydrogens (primary N) is 1. The van der Waals surface area contributed by atoms with Crippen molar-refractivity contribution in [1.29, 1.82) is 0 Å². The van der Waals surface area contributed by atoms with E-state index in [1.54, 1.807) is 0 Å². The van der Waals surface area contributed by atoms with E-state index in [0.29, 0.717) is 6.54 Å². The molecule has 0 atom stereocenters. The van der Waals surface area contributed by atoms with Gasteiger partial charge in [-0.25, -0.2) is 0 Å². The molecule has 2 rings (SSSR count). The maximum Gasteiger partial charge on any atom is 0.0178 e. The van der Waals surface area contributed by atoms with Crippen LogP contribution in [-0.2, 0) is 6.54 Å². The van der Waals surface area contributed by atoms with E-state index in [1.807, 2.05) is 30.3 Å². The zero-order valence-corrected chi connectivity index (χ0v) is 6.79. The van der Waals surface area contributed by atoms with E-state index in [0.717, 1.165) is 0 Å². The van der Waals surface area contributed by atoms with Gasteiger partial charge in [-0.1, -0.05) is 49.6 Å². The first-order valence-corrected chi connectivity index (χ1v) is 4.17. The van der Waals surface area contributed by atoms with Gasteiger partial charge in [-0.2, -0.15) is 0 Å². The van der Waals surface area contributed by atoms with E-state index in [2.05, 4.69) is 0 Å².